The van der Waals surface area contributed by atoms with Crippen LogP contribution in [0.2, 0.25) is 5.02 Å². The van der Waals surface area contributed by atoms with Crippen LogP contribution in [-0.4, -0.2) is 89.7 Å². The Bertz CT molecular complexity index is 1890. The number of benzene rings is 1. The summed E-state index contributed by atoms with van der Waals surface area (Å²) < 4.78 is 55.9. The molecule has 15 heteroatoms. The van der Waals surface area contributed by atoms with Crippen molar-refractivity contribution in [2.75, 3.05) is 51.6 Å². The van der Waals surface area contributed by atoms with Gasteiger partial charge in [-0.3, -0.25) is 9.12 Å². The van der Waals surface area contributed by atoms with E-state index in [9.17, 15) is 12.8 Å². The van der Waals surface area contributed by atoms with Gasteiger partial charge in [0.05, 0.1) is 13.3 Å². The van der Waals surface area contributed by atoms with Crippen molar-refractivity contribution in [2.45, 2.75) is 11.3 Å². The summed E-state index contributed by atoms with van der Waals surface area (Å²) in [6.45, 7) is 4.94. The summed E-state index contributed by atoms with van der Waals surface area (Å²) in [5, 5.41) is 8.58. The van der Waals surface area contributed by atoms with Crippen molar-refractivity contribution in [3.8, 4) is 28.6 Å². The first-order valence-corrected chi connectivity index (χ1v) is 15.3. The SMILES string of the molecule is COc1ncc(-c2ccc3ncc(-c4nnc(CCN5CCN(C)CC5)o4)n3c2)cc1NS(=O)(=O)c1ccc(Cl)cc1F. The van der Waals surface area contributed by atoms with Gasteiger partial charge < -0.3 is 19.0 Å². The molecule has 224 valence electrons. The maximum Gasteiger partial charge on any atom is 0.266 e. The zero-order valence-electron chi connectivity index (χ0n) is 23.4. The molecule has 1 aliphatic heterocycles. The molecule has 1 saturated heterocycles. The number of halogens is 2. The zero-order valence-corrected chi connectivity index (χ0v) is 24.9. The van der Waals surface area contributed by atoms with Crippen molar-refractivity contribution in [3.63, 3.8) is 0 Å². The van der Waals surface area contributed by atoms with Crippen LogP contribution < -0.4 is 9.46 Å². The van der Waals surface area contributed by atoms with Gasteiger partial charge in [-0.15, -0.1) is 10.2 Å². The molecule has 1 aliphatic rings. The van der Waals surface area contributed by atoms with Crippen LogP contribution in [-0.2, 0) is 16.4 Å². The lowest BCUT2D eigenvalue weighted by Gasteiger charge is -2.31. The van der Waals surface area contributed by atoms with E-state index in [4.69, 9.17) is 20.8 Å². The quantitative estimate of drug-likeness (QED) is 0.257. The Balaban J connectivity index is 1.26. The van der Waals surface area contributed by atoms with Crippen LogP contribution in [0.25, 0.3) is 28.4 Å². The largest absolute Gasteiger partial charge is 0.480 e. The summed E-state index contributed by atoms with van der Waals surface area (Å²) in [4.78, 5) is 12.9. The van der Waals surface area contributed by atoms with Crippen LogP contribution in [0.4, 0.5) is 10.1 Å². The number of hydrogen-bond donors (Lipinski definition) is 1. The molecule has 0 radical (unpaired) electrons. The van der Waals surface area contributed by atoms with Gasteiger partial charge in [-0.05, 0) is 43.4 Å². The molecule has 1 N–H and O–H groups in total. The molecule has 1 aromatic carbocycles. The first-order chi connectivity index (χ1) is 20.7. The van der Waals surface area contributed by atoms with Gasteiger partial charge in [-0.2, -0.15) is 0 Å². The Morgan fingerprint density at radius 2 is 1.86 bits per heavy atom. The Morgan fingerprint density at radius 1 is 1.05 bits per heavy atom. The van der Waals surface area contributed by atoms with Crippen molar-refractivity contribution in [1.29, 1.82) is 0 Å². The lowest BCUT2D eigenvalue weighted by atomic mass is 10.1. The lowest BCUT2D eigenvalue weighted by molar-refractivity contribution is 0.153. The highest BCUT2D eigenvalue weighted by molar-refractivity contribution is 7.92. The highest BCUT2D eigenvalue weighted by atomic mass is 35.5. The van der Waals surface area contributed by atoms with Gasteiger partial charge in [0.1, 0.15) is 27.7 Å². The number of nitrogens with zero attached hydrogens (tertiary/aromatic N) is 7. The van der Waals surface area contributed by atoms with Gasteiger partial charge in [0, 0.05) is 67.7 Å². The topological polar surface area (TPSA) is 131 Å². The standard InChI is InChI=1S/C28H28ClFN8O4S/c1-36-9-11-37(12-10-36)8-7-26-33-34-28(42-26)23-16-31-25-6-3-18(17-38(23)25)19-13-22(27(41-2)32-15-19)35-43(39,40)24-5-4-20(29)14-21(24)30/h3-6,13-17,35H,7-12H2,1-2H3. The number of fused-ring (bicyclic) bond motifs is 1. The number of sulfonamides is 1. The molecule has 12 nitrogen and oxygen atoms in total. The average molecular weight is 627 g/mol. The van der Waals surface area contributed by atoms with E-state index < -0.39 is 20.7 Å². The molecule has 4 aromatic heterocycles. The van der Waals surface area contributed by atoms with Crippen LogP contribution in [0, 0.1) is 5.82 Å². The predicted octanol–water partition coefficient (Wildman–Crippen LogP) is 3.84. The Hall–Kier alpha value is -4.11. The third-order valence-corrected chi connectivity index (χ3v) is 8.87. The first kappa shape index (κ1) is 29.0. The minimum Gasteiger partial charge on any atom is -0.480 e. The van der Waals surface area contributed by atoms with E-state index in [1.807, 2.05) is 16.7 Å². The second kappa shape index (κ2) is 11.9. The second-order valence-corrected chi connectivity index (χ2v) is 12.2. The zero-order chi connectivity index (χ0) is 30.1. The van der Waals surface area contributed by atoms with E-state index in [1.54, 1.807) is 24.5 Å². The normalized spacial score (nSPS) is 14.8. The Labute approximate surface area is 252 Å². The van der Waals surface area contributed by atoms with Crippen molar-refractivity contribution >= 4 is 33.0 Å². The molecule has 6 rings (SSSR count). The van der Waals surface area contributed by atoms with Gasteiger partial charge in [0.25, 0.3) is 15.9 Å². The molecule has 0 saturated carbocycles. The molecule has 5 heterocycles. The van der Waals surface area contributed by atoms with E-state index in [0.717, 1.165) is 44.9 Å². The van der Waals surface area contributed by atoms with Gasteiger partial charge in [-0.25, -0.2) is 22.8 Å². The number of imidazole rings is 1. The number of hydrogen-bond acceptors (Lipinski definition) is 10. The molecule has 5 aromatic rings. The number of pyridine rings is 2. The fraction of sp³-hybridized carbons (Fsp3) is 0.286. The smallest absolute Gasteiger partial charge is 0.266 e. The number of nitrogens with one attached hydrogen (secondary N) is 1. The molecule has 0 spiro atoms. The minimum absolute atomic E-state index is 0.0149. The maximum atomic E-state index is 14.4. The summed E-state index contributed by atoms with van der Waals surface area (Å²) in [5.41, 5.74) is 2.54. The fourth-order valence-corrected chi connectivity index (χ4v) is 6.10. The van der Waals surface area contributed by atoms with Crippen LogP contribution in [0.15, 0.2) is 64.3 Å². The number of rotatable bonds is 9. The Morgan fingerprint density at radius 3 is 2.63 bits per heavy atom. The van der Waals surface area contributed by atoms with E-state index in [-0.39, 0.29) is 16.6 Å². The van der Waals surface area contributed by atoms with Crippen LogP contribution in [0.1, 0.15) is 5.89 Å². The number of anilines is 1. The highest BCUT2D eigenvalue weighted by Gasteiger charge is 2.23. The fourth-order valence-electron chi connectivity index (χ4n) is 4.83. The minimum atomic E-state index is -4.32. The van der Waals surface area contributed by atoms with E-state index in [0.29, 0.717) is 40.7 Å². The monoisotopic (exact) mass is 626 g/mol. The number of aromatic nitrogens is 5. The summed E-state index contributed by atoms with van der Waals surface area (Å²) in [6, 6.07) is 8.50. The average Bonchev–Trinajstić information content (AvgIpc) is 3.63. The predicted molar refractivity (Wildman–Crippen MR) is 158 cm³/mol. The van der Waals surface area contributed by atoms with E-state index >= 15 is 0 Å². The molecule has 0 aliphatic carbocycles. The molecular formula is C28H28ClFN8O4S. The third kappa shape index (κ3) is 6.18. The maximum absolute atomic E-state index is 14.4. The van der Waals surface area contributed by atoms with Crippen molar-refractivity contribution < 1.29 is 22.0 Å². The highest BCUT2D eigenvalue weighted by Crippen LogP contribution is 2.32. The van der Waals surface area contributed by atoms with E-state index in [2.05, 4.69) is 41.7 Å². The van der Waals surface area contributed by atoms with Gasteiger partial charge in [-0.1, -0.05) is 11.6 Å². The number of likely N-dealkylation sites (N-methyl/N-ethyl adjacent to an activating group) is 1. The van der Waals surface area contributed by atoms with Crippen molar-refractivity contribution in [2.24, 2.45) is 0 Å². The third-order valence-electron chi connectivity index (χ3n) is 7.23. The van der Waals surface area contributed by atoms with Crippen molar-refractivity contribution in [3.05, 3.63) is 71.7 Å². The lowest BCUT2D eigenvalue weighted by Crippen LogP contribution is -2.45. The molecular weight excluding hydrogens is 599 g/mol. The molecule has 0 bridgehead atoms. The number of ether oxygens (including phenoxy) is 1. The van der Waals surface area contributed by atoms with Crippen molar-refractivity contribution in [1.82, 2.24) is 34.4 Å². The molecule has 1 fully saturated rings. The van der Waals surface area contributed by atoms with Gasteiger partial charge >= 0.3 is 0 Å². The summed E-state index contributed by atoms with van der Waals surface area (Å²) in [6.07, 6.45) is 5.66. The molecule has 0 unspecified atom stereocenters. The molecule has 0 atom stereocenters. The van der Waals surface area contributed by atoms with E-state index in [1.165, 1.54) is 13.2 Å². The Kier molecular flexibility index (Phi) is 8.01. The summed E-state index contributed by atoms with van der Waals surface area (Å²) in [7, 11) is -0.843. The van der Waals surface area contributed by atoms with Gasteiger partial charge in [0.15, 0.2) is 0 Å². The second-order valence-electron chi connectivity index (χ2n) is 10.1. The first-order valence-electron chi connectivity index (χ1n) is 13.4. The molecule has 43 heavy (non-hydrogen) atoms. The van der Waals surface area contributed by atoms with Gasteiger partial charge in [0.2, 0.25) is 11.8 Å². The van der Waals surface area contributed by atoms with Crippen LogP contribution >= 0.6 is 11.6 Å². The number of methoxy groups -OCH3 is 1. The van der Waals surface area contributed by atoms with Crippen LogP contribution in [0.3, 0.4) is 0 Å². The summed E-state index contributed by atoms with van der Waals surface area (Å²) in [5.74, 6) is -0.0801. The molecule has 0 amide bonds. The van der Waals surface area contributed by atoms with Crippen LogP contribution in [0.5, 0.6) is 5.88 Å². The summed E-state index contributed by atoms with van der Waals surface area (Å²) >= 11 is 5.79. The number of piperazine rings is 1.